The highest BCUT2D eigenvalue weighted by atomic mass is 32.2. The average molecular weight is 329 g/mol. The molecular weight excluding hydrogens is 309 g/mol. The number of hydrogen-bond donors (Lipinski definition) is 1. The molecule has 0 radical (unpaired) electrons. The van der Waals surface area contributed by atoms with E-state index in [4.69, 9.17) is 0 Å². The molecule has 122 valence electrons. The van der Waals surface area contributed by atoms with Gasteiger partial charge in [0.2, 0.25) is 10.0 Å². The lowest BCUT2D eigenvalue weighted by molar-refractivity contribution is 0.0710. The van der Waals surface area contributed by atoms with Crippen LogP contribution in [0.4, 0.5) is 4.39 Å². The molecule has 1 aromatic heterocycles. The Labute approximate surface area is 129 Å². The minimum atomic E-state index is -3.24. The zero-order valence-electron chi connectivity index (χ0n) is 12.5. The zero-order chi connectivity index (χ0) is 16.2. The van der Waals surface area contributed by atoms with Crippen LogP contribution in [-0.4, -0.2) is 49.1 Å². The molecule has 1 aromatic rings. The molecule has 0 spiro atoms. The predicted octanol–water partition coefficient (Wildman–Crippen LogP) is 1.15. The highest BCUT2D eigenvalue weighted by molar-refractivity contribution is 7.89. The molecule has 2 rings (SSSR count). The largest absolute Gasteiger partial charge is 0.338 e. The van der Waals surface area contributed by atoms with Crippen molar-refractivity contribution in [2.24, 2.45) is 0 Å². The summed E-state index contributed by atoms with van der Waals surface area (Å²) in [5.74, 6) is -0.712. The molecule has 8 heteroatoms. The van der Waals surface area contributed by atoms with E-state index in [-0.39, 0.29) is 23.3 Å². The molecule has 0 saturated carbocycles. The second kappa shape index (κ2) is 7.15. The van der Waals surface area contributed by atoms with Gasteiger partial charge >= 0.3 is 0 Å². The first-order chi connectivity index (χ1) is 10.4. The Hall–Kier alpha value is -1.54. The molecule has 1 amide bonds. The van der Waals surface area contributed by atoms with Gasteiger partial charge in [-0.15, -0.1) is 0 Å². The molecule has 0 bridgehead atoms. The summed E-state index contributed by atoms with van der Waals surface area (Å²) >= 11 is 0. The summed E-state index contributed by atoms with van der Waals surface area (Å²) in [5.41, 5.74) is 0.213. The molecule has 1 aliphatic heterocycles. The van der Waals surface area contributed by atoms with Crippen LogP contribution in [0.1, 0.15) is 36.5 Å². The number of nitrogens with one attached hydrogen (secondary N) is 1. The van der Waals surface area contributed by atoms with E-state index < -0.39 is 15.8 Å². The number of carbonyl (C=O) groups excluding carboxylic acids is 1. The van der Waals surface area contributed by atoms with Crippen molar-refractivity contribution in [1.29, 1.82) is 0 Å². The number of carbonyl (C=O) groups is 1. The molecule has 0 atom stereocenters. The summed E-state index contributed by atoms with van der Waals surface area (Å²) in [4.78, 5) is 17.5. The van der Waals surface area contributed by atoms with E-state index in [0.29, 0.717) is 32.4 Å². The lowest BCUT2D eigenvalue weighted by atomic mass is 10.1. The van der Waals surface area contributed by atoms with Crippen molar-refractivity contribution in [3.05, 3.63) is 29.8 Å². The predicted molar refractivity (Wildman–Crippen MR) is 80.3 cm³/mol. The van der Waals surface area contributed by atoms with Crippen molar-refractivity contribution < 1.29 is 17.6 Å². The Morgan fingerprint density at radius 3 is 2.68 bits per heavy atom. The van der Waals surface area contributed by atoms with Crippen molar-refractivity contribution in [3.8, 4) is 0 Å². The molecule has 1 saturated heterocycles. The quantitative estimate of drug-likeness (QED) is 0.879. The lowest BCUT2D eigenvalue weighted by Crippen LogP contribution is -2.47. The maximum Gasteiger partial charge on any atom is 0.255 e. The van der Waals surface area contributed by atoms with E-state index >= 15 is 0 Å². The molecule has 0 aromatic carbocycles. The first-order valence-corrected chi connectivity index (χ1v) is 8.96. The third-order valence-corrected chi connectivity index (χ3v) is 5.19. The third-order valence-electron chi connectivity index (χ3n) is 3.55. The van der Waals surface area contributed by atoms with Crippen molar-refractivity contribution in [2.75, 3.05) is 18.8 Å². The van der Waals surface area contributed by atoms with E-state index in [9.17, 15) is 17.6 Å². The topological polar surface area (TPSA) is 79.4 Å². The van der Waals surface area contributed by atoms with Gasteiger partial charge in [0, 0.05) is 25.3 Å². The molecule has 0 aliphatic carbocycles. The lowest BCUT2D eigenvalue weighted by Gasteiger charge is -2.32. The fraction of sp³-hybridized carbons (Fsp3) is 0.571. The molecule has 0 unspecified atom stereocenters. The smallest absolute Gasteiger partial charge is 0.255 e. The van der Waals surface area contributed by atoms with Crippen molar-refractivity contribution in [1.82, 2.24) is 14.6 Å². The van der Waals surface area contributed by atoms with E-state index in [2.05, 4.69) is 9.71 Å². The van der Waals surface area contributed by atoms with Gasteiger partial charge in [0.15, 0.2) is 0 Å². The van der Waals surface area contributed by atoms with Gasteiger partial charge in [0.25, 0.3) is 5.91 Å². The monoisotopic (exact) mass is 329 g/mol. The van der Waals surface area contributed by atoms with E-state index in [1.807, 2.05) is 6.92 Å². The van der Waals surface area contributed by atoms with Gasteiger partial charge in [-0.05, 0) is 25.3 Å². The summed E-state index contributed by atoms with van der Waals surface area (Å²) in [5, 5.41) is 0. The first kappa shape index (κ1) is 16.8. The number of hydrogen-bond acceptors (Lipinski definition) is 4. The Balaban J connectivity index is 1.91. The third kappa shape index (κ3) is 4.48. The van der Waals surface area contributed by atoms with Crippen molar-refractivity contribution in [2.45, 2.75) is 32.2 Å². The Kier molecular flexibility index (Phi) is 5.47. The molecule has 1 fully saturated rings. The summed E-state index contributed by atoms with van der Waals surface area (Å²) in [6.07, 6.45) is 4.06. The zero-order valence-corrected chi connectivity index (χ0v) is 13.3. The van der Waals surface area contributed by atoms with Crippen LogP contribution < -0.4 is 4.72 Å². The van der Waals surface area contributed by atoms with Gasteiger partial charge in [-0.3, -0.25) is 9.78 Å². The second-order valence-electron chi connectivity index (χ2n) is 5.40. The highest BCUT2D eigenvalue weighted by Gasteiger charge is 2.26. The maximum atomic E-state index is 13.1. The molecule has 2 heterocycles. The van der Waals surface area contributed by atoms with Crippen LogP contribution in [0.5, 0.6) is 0 Å². The Morgan fingerprint density at radius 1 is 1.41 bits per heavy atom. The van der Waals surface area contributed by atoms with Crippen molar-refractivity contribution in [3.63, 3.8) is 0 Å². The standard InChI is InChI=1S/C14H20FN3O3S/c1-2-7-22(20,21)17-13-3-5-18(6-4-13)14(19)11-8-12(15)10-16-9-11/h8-10,13,17H,2-7H2,1H3. The molecular formula is C14H20FN3O3S. The van der Waals surface area contributed by atoms with Crippen LogP contribution in [0.25, 0.3) is 0 Å². The summed E-state index contributed by atoms with van der Waals surface area (Å²) in [6.45, 7) is 2.69. The fourth-order valence-corrected chi connectivity index (χ4v) is 3.89. The average Bonchev–Trinajstić information content (AvgIpc) is 2.47. The minimum Gasteiger partial charge on any atom is -0.338 e. The van der Waals surface area contributed by atoms with Gasteiger partial charge in [-0.1, -0.05) is 6.92 Å². The van der Waals surface area contributed by atoms with E-state index in [1.165, 1.54) is 6.20 Å². The molecule has 6 nitrogen and oxygen atoms in total. The van der Waals surface area contributed by atoms with Gasteiger partial charge < -0.3 is 4.90 Å². The number of pyridine rings is 1. The summed E-state index contributed by atoms with van der Waals surface area (Å²) in [7, 11) is -3.24. The van der Waals surface area contributed by atoms with Gasteiger partial charge in [-0.25, -0.2) is 17.5 Å². The van der Waals surface area contributed by atoms with Crippen LogP contribution in [0, 0.1) is 5.82 Å². The fourth-order valence-electron chi connectivity index (χ4n) is 2.49. The van der Waals surface area contributed by atoms with Gasteiger partial charge in [-0.2, -0.15) is 0 Å². The van der Waals surface area contributed by atoms with Crippen LogP contribution >= 0.6 is 0 Å². The number of aromatic nitrogens is 1. The molecule has 22 heavy (non-hydrogen) atoms. The number of likely N-dealkylation sites (tertiary alicyclic amines) is 1. The van der Waals surface area contributed by atoms with Crippen LogP contribution in [-0.2, 0) is 10.0 Å². The van der Waals surface area contributed by atoms with Crippen molar-refractivity contribution >= 4 is 15.9 Å². The van der Waals surface area contributed by atoms with E-state index in [1.54, 1.807) is 4.90 Å². The number of nitrogens with zero attached hydrogens (tertiary/aromatic N) is 2. The first-order valence-electron chi connectivity index (χ1n) is 7.31. The normalized spacial score (nSPS) is 16.7. The van der Waals surface area contributed by atoms with Crippen LogP contribution in [0.3, 0.4) is 0 Å². The Morgan fingerprint density at radius 2 is 2.09 bits per heavy atom. The number of amides is 1. The maximum absolute atomic E-state index is 13.1. The minimum absolute atomic E-state index is 0.112. The summed E-state index contributed by atoms with van der Waals surface area (Å²) < 4.78 is 39.2. The van der Waals surface area contributed by atoms with E-state index in [0.717, 1.165) is 12.3 Å². The summed E-state index contributed by atoms with van der Waals surface area (Å²) in [6, 6.07) is 1.01. The second-order valence-corrected chi connectivity index (χ2v) is 7.27. The Bertz CT molecular complexity index is 628. The SMILES string of the molecule is CCCS(=O)(=O)NC1CCN(C(=O)c2cncc(F)c2)CC1. The molecule has 1 aliphatic rings. The van der Waals surface area contributed by atoms with Gasteiger partial charge in [0.1, 0.15) is 5.82 Å². The number of halogens is 1. The number of piperidine rings is 1. The highest BCUT2D eigenvalue weighted by Crippen LogP contribution is 2.15. The van der Waals surface area contributed by atoms with Crippen LogP contribution in [0.2, 0.25) is 0 Å². The molecule has 1 N–H and O–H groups in total. The number of rotatable bonds is 5. The van der Waals surface area contributed by atoms with Gasteiger partial charge in [0.05, 0.1) is 17.5 Å². The number of sulfonamides is 1. The van der Waals surface area contributed by atoms with Crippen LogP contribution in [0.15, 0.2) is 18.5 Å².